The van der Waals surface area contributed by atoms with Crippen LogP contribution >= 0.6 is 0 Å². The van der Waals surface area contributed by atoms with Crippen molar-refractivity contribution in [1.82, 2.24) is 5.01 Å². The molecule has 0 aliphatic carbocycles. The molecule has 0 heterocycles. The van der Waals surface area contributed by atoms with E-state index in [9.17, 15) is 4.91 Å². The molecular weight excluding hydrogens is 224 g/mol. The molecule has 0 aromatic rings. The van der Waals surface area contributed by atoms with Crippen molar-refractivity contribution in [2.45, 2.75) is 0 Å². The first kappa shape index (κ1) is 16.2. The third-order valence-electron chi connectivity index (χ3n) is 1.08. The molecule has 88 valence electrons. The number of nitrogens with zero attached hydrogens (tertiary/aromatic N) is 2. The first-order valence-corrected chi connectivity index (χ1v) is 5.19. The van der Waals surface area contributed by atoms with E-state index in [1.165, 1.54) is 7.05 Å². The quantitative estimate of drug-likeness (QED) is 0.310. The Kier molecular flexibility index (Phi) is 8.73. The third-order valence-corrected chi connectivity index (χ3v) is 1.08. The molecule has 0 aliphatic rings. The number of hydrogen-bond acceptors (Lipinski definition) is 3. The van der Waals surface area contributed by atoms with Crippen molar-refractivity contribution in [2.24, 2.45) is 0 Å². The maximum atomic E-state index is 10.7. The highest BCUT2D eigenvalue weighted by molar-refractivity contribution is 7.79. The monoisotopic (exact) mass is 239 g/mol. The standard InChI is InChI=1S/C7H13N2O.H2O4S/c1-4-6-9(7-5-2)8(3)10;1-5(2,3)4/h4-5H,1-2,6-7H2,3H3;(H2,1,2,3,4)/q+1;. The maximum absolute atomic E-state index is 10.7. The van der Waals surface area contributed by atoms with Gasteiger partial charge in [-0.3, -0.25) is 9.11 Å². The van der Waals surface area contributed by atoms with Crippen molar-refractivity contribution in [3.63, 3.8) is 0 Å². The van der Waals surface area contributed by atoms with Crippen LogP contribution < -0.4 is 0 Å². The zero-order chi connectivity index (χ0) is 12.5. The van der Waals surface area contributed by atoms with Gasteiger partial charge in [-0.15, -0.1) is 18.2 Å². The summed E-state index contributed by atoms with van der Waals surface area (Å²) in [4.78, 5) is 11.5. The van der Waals surface area contributed by atoms with Crippen LogP contribution in [0, 0.1) is 4.91 Å². The number of nitroso groups, excluding NO2 is 1. The summed E-state index contributed by atoms with van der Waals surface area (Å²) in [6.45, 7) is 8.17. The van der Waals surface area contributed by atoms with Gasteiger partial charge in [-0.25, -0.2) is 0 Å². The molecule has 0 aromatic heterocycles. The zero-order valence-electron chi connectivity index (χ0n) is 8.40. The molecule has 0 unspecified atom stereocenters. The predicted molar refractivity (Wildman–Crippen MR) is 55.7 cm³/mol. The van der Waals surface area contributed by atoms with Crippen LogP contribution in [0.15, 0.2) is 25.3 Å². The average Bonchev–Trinajstić information content (AvgIpc) is 2.00. The molecule has 0 fully saturated rings. The largest absolute Gasteiger partial charge is 0.394 e. The van der Waals surface area contributed by atoms with Gasteiger partial charge in [0.2, 0.25) is 7.05 Å². The predicted octanol–water partition coefficient (Wildman–Crippen LogP) is 0.331. The highest BCUT2D eigenvalue weighted by Crippen LogP contribution is 1.86. The number of hydrazine groups is 1. The smallest absolute Gasteiger partial charge is 0.264 e. The molecule has 0 aliphatic heterocycles. The van der Waals surface area contributed by atoms with Crippen molar-refractivity contribution in [1.29, 1.82) is 0 Å². The highest BCUT2D eigenvalue weighted by atomic mass is 32.3. The van der Waals surface area contributed by atoms with Crippen LogP contribution in [0.1, 0.15) is 0 Å². The minimum atomic E-state index is -4.67. The van der Waals surface area contributed by atoms with Crippen molar-refractivity contribution >= 4 is 10.4 Å². The van der Waals surface area contributed by atoms with Gasteiger partial charge >= 0.3 is 10.4 Å². The van der Waals surface area contributed by atoms with Crippen LogP contribution in [0.3, 0.4) is 0 Å². The fourth-order valence-corrected chi connectivity index (χ4v) is 0.603. The molecule has 0 amide bonds. The molecule has 15 heavy (non-hydrogen) atoms. The summed E-state index contributed by atoms with van der Waals surface area (Å²) in [5.41, 5.74) is 0. The van der Waals surface area contributed by atoms with Crippen molar-refractivity contribution in [2.75, 3.05) is 20.1 Å². The third kappa shape index (κ3) is 19.2. The lowest BCUT2D eigenvalue weighted by Crippen LogP contribution is -2.31. The van der Waals surface area contributed by atoms with E-state index in [2.05, 4.69) is 13.2 Å². The molecule has 0 radical (unpaired) electrons. The summed E-state index contributed by atoms with van der Waals surface area (Å²) < 4.78 is 31.6. The Labute approximate surface area is 88.8 Å². The van der Waals surface area contributed by atoms with Gasteiger partial charge in [-0.05, 0) is 0 Å². The van der Waals surface area contributed by atoms with E-state index in [1.54, 1.807) is 17.2 Å². The molecule has 0 spiro atoms. The SMILES string of the molecule is C=CCN(CC=C)[N+](C)=O.O=S(=O)(O)O. The fourth-order valence-electron chi connectivity index (χ4n) is 0.603. The van der Waals surface area contributed by atoms with Gasteiger partial charge in [0.15, 0.2) is 0 Å². The second-order valence-corrected chi connectivity index (χ2v) is 3.26. The summed E-state index contributed by atoms with van der Waals surface area (Å²) >= 11 is 0. The zero-order valence-corrected chi connectivity index (χ0v) is 9.22. The Balaban J connectivity index is 0. The fraction of sp³-hybridized carbons (Fsp3) is 0.429. The average molecular weight is 239 g/mol. The first-order valence-electron chi connectivity index (χ1n) is 3.79. The van der Waals surface area contributed by atoms with E-state index in [0.29, 0.717) is 13.1 Å². The Hall–Kier alpha value is -1.25. The summed E-state index contributed by atoms with van der Waals surface area (Å²) in [5, 5.41) is 1.57. The van der Waals surface area contributed by atoms with Crippen molar-refractivity contribution in [3.8, 4) is 0 Å². The Morgan fingerprint density at radius 1 is 1.27 bits per heavy atom. The number of hydrogen-bond donors (Lipinski definition) is 2. The first-order chi connectivity index (χ1) is 6.72. The van der Waals surface area contributed by atoms with Gasteiger partial charge in [-0.1, -0.05) is 12.2 Å². The lowest BCUT2D eigenvalue weighted by molar-refractivity contribution is -0.681. The summed E-state index contributed by atoms with van der Waals surface area (Å²) in [7, 11) is -3.22. The Bertz CT molecular complexity index is 293. The van der Waals surface area contributed by atoms with Crippen LogP contribution in [0.5, 0.6) is 0 Å². The van der Waals surface area contributed by atoms with E-state index in [0.717, 1.165) is 4.87 Å². The van der Waals surface area contributed by atoms with Gasteiger partial charge < -0.3 is 0 Å². The van der Waals surface area contributed by atoms with E-state index < -0.39 is 10.4 Å². The Morgan fingerprint density at radius 2 is 1.53 bits per heavy atom. The van der Waals surface area contributed by atoms with Gasteiger partial charge in [0, 0.05) is 0 Å². The molecule has 0 aromatic carbocycles. The van der Waals surface area contributed by atoms with E-state index in [-0.39, 0.29) is 0 Å². The molecule has 7 nitrogen and oxygen atoms in total. The van der Waals surface area contributed by atoms with E-state index in [4.69, 9.17) is 17.5 Å². The lowest BCUT2D eigenvalue weighted by Gasteiger charge is -2.06. The van der Waals surface area contributed by atoms with Gasteiger partial charge in [0.05, 0.1) is 18.0 Å². The van der Waals surface area contributed by atoms with E-state index >= 15 is 0 Å². The molecule has 8 heteroatoms. The topological polar surface area (TPSA) is 97.9 Å². The second-order valence-electron chi connectivity index (χ2n) is 2.36. The number of rotatable bonds is 5. The van der Waals surface area contributed by atoms with Crippen LogP contribution in [0.4, 0.5) is 0 Å². The summed E-state index contributed by atoms with van der Waals surface area (Å²) in [6.07, 6.45) is 3.36. The van der Waals surface area contributed by atoms with Gasteiger partial charge in [0.1, 0.15) is 4.87 Å². The molecule has 0 atom stereocenters. The summed E-state index contributed by atoms with van der Waals surface area (Å²) in [6, 6.07) is 0. The van der Waals surface area contributed by atoms with E-state index in [1.807, 2.05) is 0 Å². The molecule has 0 saturated heterocycles. The van der Waals surface area contributed by atoms with Gasteiger partial charge in [-0.2, -0.15) is 8.42 Å². The van der Waals surface area contributed by atoms with Crippen LogP contribution in [0.25, 0.3) is 0 Å². The van der Waals surface area contributed by atoms with Crippen LogP contribution in [-0.4, -0.2) is 47.5 Å². The molecule has 2 N–H and O–H groups in total. The molecule has 0 bridgehead atoms. The minimum Gasteiger partial charge on any atom is -0.264 e. The second kappa shape index (κ2) is 8.09. The van der Waals surface area contributed by atoms with Crippen LogP contribution in [0.2, 0.25) is 0 Å². The van der Waals surface area contributed by atoms with Crippen molar-refractivity contribution in [3.05, 3.63) is 30.2 Å². The minimum absolute atomic E-state index is 0.562. The lowest BCUT2D eigenvalue weighted by atomic mass is 10.5. The Morgan fingerprint density at radius 3 is 1.67 bits per heavy atom. The summed E-state index contributed by atoms with van der Waals surface area (Å²) in [5.74, 6) is 0. The van der Waals surface area contributed by atoms with Crippen LogP contribution in [-0.2, 0) is 10.4 Å². The maximum Gasteiger partial charge on any atom is 0.394 e. The molecule has 0 saturated carbocycles. The molecule has 0 rings (SSSR count). The van der Waals surface area contributed by atoms with Crippen molar-refractivity contribution < 1.29 is 22.4 Å². The normalized spacial score (nSPS) is 9.53. The molecular formula is C7H15N2O5S+. The van der Waals surface area contributed by atoms with Gasteiger partial charge in [0.25, 0.3) is 0 Å². The highest BCUT2D eigenvalue weighted by Gasteiger charge is 2.08.